The van der Waals surface area contributed by atoms with Crippen molar-refractivity contribution >= 4 is 32.9 Å². The van der Waals surface area contributed by atoms with Gasteiger partial charge in [-0.05, 0) is 74.2 Å². The Hall–Kier alpha value is -3.30. The first kappa shape index (κ1) is 23.4. The molecule has 35 heavy (non-hydrogen) atoms. The van der Waals surface area contributed by atoms with Crippen molar-refractivity contribution in [2.24, 2.45) is 5.92 Å². The van der Waals surface area contributed by atoms with E-state index in [-0.39, 0.29) is 34.3 Å². The molecule has 0 spiro atoms. The van der Waals surface area contributed by atoms with Gasteiger partial charge in [-0.15, -0.1) is 0 Å². The van der Waals surface area contributed by atoms with E-state index >= 15 is 0 Å². The number of methoxy groups -OCH3 is 1. The maximum absolute atomic E-state index is 13.8. The molecule has 9 heteroatoms. The van der Waals surface area contributed by atoms with E-state index in [2.05, 4.69) is 10.3 Å². The molecular formula is C26H26FN3O4S. The molecule has 0 bridgehead atoms. The Kier molecular flexibility index (Phi) is 6.29. The van der Waals surface area contributed by atoms with E-state index in [1.807, 2.05) is 12.1 Å². The summed E-state index contributed by atoms with van der Waals surface area (Å²) in [5.74, 6) is -0.109. The van der Waals surface area contributed by atoms with Gasteiger partial charge in [-0.3, -0.25) is 4.79 Å². The van der Waals surface area contributed by atoms with Crippen molar-refractivity contribution in [3.05, 3.63) is 72.2 Å². The fourth-order valence-electron chi connectivity index (χ4n) is 4.78. The number of nitrogens with one attached hydrogen (secondary N) is 1. The number of rotatable bonds is 4. The number of carbonyl (C=O) groups excluding carboxylic acids is 1. The first-order chi connectivity index (χ1) is 16.9. The molecule has 5 rings (SSSR count). The van der Waals surface area contributed by atoms with Crippen LogP contribution < -0.4 is 10.2 Å². The number of aromatic nitrogens is 1. The average molecular weight is 496 g/mol. The predicted molar refractivity (Wildman–Crippen MR) is 130 cm³/mol. The van der Waals surface area contributed by atoms with E-state index in [0.717, 1.165) is 30.5 Å². The van der Waals surface area contributed by atoms with Crippen molar-refractivity contribution < 1.29 is 22.3 Å². The first-order valence-electron chi connectivity index (χ1n) is 11.6. The Bertz CT molecular complexity index is 1350. The molecule has 3 aromatic rings. The summed E-state index contributed by atoms with van der Waals surface area (Å²) in [7, 11) is -2.23. The van der Waals surface area contributed by atoms with Crippen LogP contribution in [0.15, 0.2) is 70.6 Å². The number of carbonyl (C=O) groups is 1. The summed E-state index contributed by atoms with van der Waals surface area (Å²) in [5.41, 5.74) is 1.91. The molecule has 2 aliphatic rings. The van der Waals surface area contributed by atoms with E-state index in [9.17, 15) is 17.6 Å². The molecule has 7 nitrogen and oxygen atoms in total. The number of nitrogens with zero attached hydrogens (tertiary/aromatic N) is 2. The van der Waals surface area contributed by atoms with E-state index in [0.29, 0.717) is 30.0 Å². The van der Waals surface area contributed by atoms with Gasteiger partial charge in [-0.1, -0.05) is 6.07 Å². The topological polar surface area (TPSA) is 88.6 Å². The van der Waals surface area contributed by atoms with E-state index < -0.39 is 15.7 Å². The minimum Gasteiger partial charge on any atom is -0.381 e. The highest BCUT2D eigenvalue weighted by Crippen LogP contribution is 2.39. The van der Waals surface area contributed by atoms with E-state index in [1.54, 1.807) is 24.3 Å². The zero-order valence-electron chi connectivity index (χ0n) is 19.3. The van der Waals surface area contributed by atoms with Crippen molar-refractivity contribution in [2.45, 2.75) is 48.1 Å². The van der Waals surface area contributed by atoms with Crippen LogP contribution in [0.5, 0.6) is 0 Å². The van der Waals surface area contributed by atoms with Crippen LogP contribution >= 0.6 is 0 Å². The molecule has 1 N–H and O–H groups in total. The minimum absolute atomic E-state index is 0.0128. The van der Waals surface area contributed by atoms with Crippen LogP contribution in [0.2, 0.25) is 0 Å². The molecular weight excluding hydrogens is 469 g/mol. The zero-order valence-corrected chi connectivity index (χ0v) is 20.1. The first-order valence-corrected chi connectivity index (χ1v) is 13.0. The summed E-state index contributed by atoms with van der Waals surface area (Å²) in [6, 6.07) is 13.1. The number of hydrogen-bond acceptors (Lipinski definition) is 6. The van der Waals surface area contributed by atoms with Gasteiger partial charge in [0, 0.05) is 24.8 Å². The normalized spacial score (nSPS) is 19.8. The van der Waals surface area contributed by atoms with E-state index in [4.69, 9.17) is 4.74 Å². The lowest BCUT2D eigenvalue weighted by atomic mass is 9.86. The summed E-state index contributed by atoms with van der Waals surface area (Å²) >= 11 is 0. The molecule has 1 amide bonds. The zero-order chi connectivity index (χ0) is 24.6. The molecule has 2 aromatic carbocycles. The summed E-state index contributed by atoms with van der Waals surface area (Å²) in [5, 5.41) is 3.26. The van der Waals surface area contributed by atoms with Gasteiger partial charge in [-0.2, -0.15) is 0 Å². The monoisotopic (exact) mass is 495 g/mol. The quantitative estimate of drug-likeness (QED) is 0.521. The van der Waals surface area contributed by atoms with Crippen molar-refractivity contribution in [2.75, 3.05) is 17.3 Å². The predicted octanol–water partition coefficient (Wildman–Crippen LogP) is 4.85. The third kappa shape index (κ3) is 4.53. The van der Waals surface area contributed by atoms with Crippen LogP contribution in [0.1, 0.15) is 31.2 Å². The fourth-order valence-corrected chi connectivity index (χ4v) is 6.06. The van der Waals surface area contributed by atoms with Crippen LogP contribution in [-0.2, 0) is 25.9 Å². The molecule has 0 radical (unpaired) electrons. The smallest absolute Gasteiger partial charge is 0.230 e. The number of amides is 1. The molecule has 0 unspecified atom stereocenters. The Morgan fingerprint density at radius 1 is 1.06 bits per heavy atom. The second-order valence-corrected chi connectivity index (χ2v) is 10.9. The van der Waals surface area contributed by atoms with Crippen molar-refractivity contribution in [1.82, 2.24) is 4.98 Å². The molecule has 0 saturated heterocycles. The van der Waals surface area contributed by atoms with Gasteiger partial charge in [0.2, 0.25) is 15.7 Å². The number of fused-ring (bicyclic) bond motifs is 2. The standard InChI is InChI=1S/C26H26FN3O4S/c1-34-20-8-4-17(5-9-20)26(31)30-16-18-3-2-14-28-25(18)29-23-13-12-22(15-24(23)30)35(32,33)21-10-6-19(27)7-11-21/h2-3,6-7,10-15,17,20H,4-5,8-9,16H2,1H3,(H,28,29)/t17-,20-. The van der Waals surface area contributed by atoms with Crippen LogP contribution in [-0.4, -0.2) is 32.5 Å². The lowest BCUT2D eigenvalue weighted by Crippen LogP contribution is -2.38. The van der Waals surface area contributed by atoms with Crippen LogP contribution in [0, 0.1) is 11.7 Å². The number of pyridine rings is 1. The van der Waals surface area contributed by atoms with Crippen LogP contribution in [0.4, 0.5) is 21.6 Å². The Morgan fingerprint density at radius 2 is 1.77 bits per heavy atom. The van der Waals surface area contributed by atoms with Gasteiger partial charge < -0.3 is 15.0 Å². The Balaban J connectivity index is 1.56. The number of anilines is 3. The van der Waals surface area contributed by atoms with Gasteiger partial charge >= 0.3 is 0 Å². The molecule has 2 heterocycles. The molecule has 182 valence electrons. The second-order valence-electron chi connectivity index (χ2n) is 8.91. The summed E-state index contributed by atoms with van der Waals surface area (Å²) < 4.78 is 45.5. The molecule has 1 fully saturated rings. The third-order valence-electron chi connectivity index (χ3n) is 6.79. The highest BCUT2D eigenvalue weighted by Gasteiger charge is 2.33. The SMILES string of the molecule is CO[C@H]1CC[C@H](C(=O)N2Cc3cccnc3Nc3ccc(S(=O)(=O)c4ccc(F)cc4)cc32)CC1. The number of ether oxygens (including phenoxy) is 1. The van der Waals surface area contributed by atoms with Crippen LogP contribution in [0.3, 0.4) is 0 Å². The van der Waals surface area contributed by atoms with Crippen molar-refractivity contribution in [1.29, 1.82) is 0 Å². The van der Waals surface area contributed by atoms with Crippen LogP contribution in [0.25, 0.3) is 0 Å². The highest BCUT2D eigenvalue weighted by atomic mass is 32.2. The summed E-state index contributed by atoms with van der Waals surface area (Å²) in [6.07, 6.45) is 4.87. The molecule has 1 saturated carbocycles. The molecule has 0 atom stereocenters. The van der Waals surface area contributed by atoms with Gasteiger partial charge in [0.25, 0.3) is 0 Å². The van der Waals surface area contributed by atoms with Gasteiger partial charge in [0.05, 0.1) is 33.8 Å². The molecule has 1 aliphatic heterocycles. The molecule has 1 aliphatic carbocycles. The molecule has 1 aromatic heterocycles. The van der Waals surface area contributed by atoms with Crippen molar-refractivity contribution in [3.63, 3.8) is 0 Å². The fraction of sp³-hybridized carbons (Fsp3) is 0.308. The van der Waals surface area contributed by atoms with E-state index in [1.165, 1.54) is 24.3 Å². The minimum atomic E-state index is -3.92. The number of sulfone groups is 1. The van der Waals surface area contributed by atoms with Gasteiger partial charge in [-0.25, -0.2) is 17.8 Å². The van der Waals surface area contributed by atoms with Gasteiger partial charge in [0.1, 0.15) is 11.6 Å². The second kappa shape index (κ2) is 9.39. The third-order valence-corrected chi connectivity index (χ3v) is 8.56. The average Bonchev–Trinajstić information content (AvgIpc) is 3.05. The highest BCUT2D eigenvalue weighted by molar-refractivity contribution is 7.91. The lowest BCUT2D eigenvalue weighted by Gasteiger charge is -2.32. The summed E-state index contributed by atoms with van der Waals surface area (Å²) in [4.78, 5) is 19.9. The lowest BCUT2D eigenvalue weighted by molar-refractivity contribution is -0.124. The van der Waals surface area contributed by atoms with Crippen molar-refractivity contribution in [3.8, 4) is 0 Å². The number of benzene rings is 2. The Morgan fingerprint density at radius 3 is 2.49 bits per heavy atom. The summed E-state index contributed by atoms with van der Waals surface area (Å²) in [6.45, 7) is 0.270. The number of hydrogen-bond donors (Lipinski definition) is 1. The Labute approximate surface area is 203 Å². The largest absolute Gasteiger partial charge is 0.381 e. The maximum Gasteiger partial charge on any atom is 0.230 e. The number of halogens is 1. The van der Waals surface area contributed by atoms with Gasteiger partial charge in [0.15, 0.2) is 0 Å². The maximum atomic E-state index is 13.8.